The van der Waals surface area contributed by atoms with Crippen LogP contribution in [0.15, 0.2) is 36.4 Å². The van der Waals surface area contributed by atoms with E-state index in [-0.39, 0.29) is 31.0 Å². The Bertz CT molecular complexity index is 932. The van der Waals surface area contributed by atoms with Crippen LogP contribution in [0.25, 0.3) is 0 Å². The third-order valence-corrected chi connectivity index (χ3v) is 6.40. The molecule has 32 heavy (non-hydrogen) atoms. The van der Waals surface area contributed by atoms with Crippen LogP contribution in [0.5, 0.6) is 5.75 Å². The maximum absolute atomic E-state index is 13.3. The van der Waals surface area contributed by atoms with Gasteiger partial charge in [0.15, 0.2) is 6.61 Å². The van der Waals surface area contributed by atoms with Gasteiger partial charge in [0.05, 0.1) is 0 Å². The molecule has 0 fully saturated rings. The zero-order chi connectivity index (χ0) is 23.8. The van der Waals surface area contributed by atoms with Gasteiger partial charge in [0, 0.05) is 33.2 Å². The van der Waals surface area contributed by atoms with Crippen LogP contribution < -0.4 is 10.1 Å². The van der Waals surface area contributed by atoms with Crippen LogP contribution in [0.3, 0.4) is 0 Å². The molecule has 0 saturated heterocycles. The molecule has 0 saturated carbocycles. The fourth-order valence-corrected chi connectivity index (χ4v) is 3.78. The summed E-state index contributed by atoms with van der Waals surface area (Å²) in [5, 5.41) is 4.45. The van der Waals surface area contributed by atoms with E-state index in [0.717, 1.165) is 12.0 Å². The lowest BCUT2D eigenvalue weighted by atomic mass is 10.1. The molecule has 1 N–H and O–H groups in total. The number of nitrogens with one attached hydrogen (secondary N) is 1. The van der Waals surface area contributed by atoms with E-state index < -0.39 is 6.04 Å². The lowest BCUT2D eigenvalue weighted by Gasteiger charge is -2.32. The lowest BCUT2D eigenvalue weighted by Crippen LogP contribution is -2.51. The molecule has 0 unspecified atom stereocenters. The third kappa shape index (κ3) is 7.03. The topological polar surface area (TPSA) is 58.6 Å². The number of halogens is 3. The minimum atomic E-state index is -0.695. The minimum absolute atomic E-state index is 0.00862. The first kappa shape index (κ1) is 26.3. The van der Waals surface area contributed by atoms with Gasteiger partial charge in [0.1, 0.15) is 11.8 Å². The van der Waals surface area contributed by atoms with E-state index >= 15 is 0 Å². The Kier molecular flexibility index (Phi) is 10.1. The normalized spacial score (nSPS) is 12.7. The van der Waals surface area contributed by atoms with Crippen molar-refractivity contribution in [2.75, 3.05) is 6.61 Å². The van der Waals surface area contributed by atoms with Gasteiger partial charge in [-0.15, -0.1) is 0 Å². The maximum atomic E-state index is 13.3. The molecule has 0 spiro atoms. The zero-order valence-electron chi connectivity index (χ0n) is 18.8. The van der Waals surface area contributed by atoms with Crippen molar-refractivity contribution in [2.24, 2.45) is 0 Å². The molecule has 0 aliphatic heterocycles. The highest BCUT2D eigenvalue weighted by Crippen LogP contribution is 2.27. The largest absolute Gasteiger partial charge is 0.484 e. The number of carbonyl (C=O) groups excluding carboxylic acids is 2. The SMILES string of the molecule is CC[C@H](C(=O)N[C@@H](C)CC)N(Cc1c(Cl)cccc1Cl)C(=O)COc1ccc(Cl)c(C)c1. The van der Waals surface area contributed by atoms with Crippen molar-refractivity contribution in [3.63, 3.8) is 0 Å². The number of hydrogen-bond donors (Lipinski definition) is 1. The summed E-state index contributed by atoms with van der Waals surface area (Å²) in [5.41, 5.74) is 1.43. The quantitative estimate of drug-likeness (QED) is 0.432. The van der Waals surface area contributed by atoms with Crippen LogP contribution in [-0.4, -0.2) is 35.4 Å². The second-order valence-corrected chi connectivity index (χ2v) is 8.89. The molecule has 5 nitrogen and oxygen atoms in total. The van der Waals surface area contributed by atoms with Gasteiger partial charge in [-0.05, 0) is 62.6 Å². The van der Waals surface area contributed by atoms with Crippen molar-refractivity contribution in [2.45, 2.75) is 59.2 Å². The second kappa shape index (κ2) is 12.3. The molecule has 0 aliphatic rings. The van der Waals surface area contributed by atoms with Crippen LogP contribution in [-0.2, 0) is 16.1 Å². The average molecular weight is 500 g/mol. The molecule has 0 radical (unpaired) electrons. The van der Waals surface area contributed by atoms with E-state index in [1.54, 1.807) is 36.4 Å². The Labute approximate surface area is 205 Å². The summed E-state index contributed by atoms with van der Waals surface area (Å²) >= 11 is 18.8. The molecule has 0 bridgehead atoms. The van der Waals surface area contributed by atoms with Crippen LogP contribution in [0.4, 0.5) is 0 Å². The minimum Gasteiger partial charge on any atom is -0.484 e. The highest BCUT2D eigenvalue weighted by molar-refractivity contribution is 6.36. The first-order chi connectivity index (χ1) is 15.2. The van der Waals surface area contributed by atoms with Gasteiger partial charge < -0.3 is 15.0 Å². The summed E-state index contributed by atoms with van der Waals surface area (Å²) < 4.78 is 5.71. The van der Waals surface area contributed by atoms with Gasteiger partial charge in [0.2, 0.25) is 5.91 Å². The molecule has 174 valence electrons. The van der Waals surface area contributed by atoms with Gasteiger partial charge in [-0.25, -0.2) is 0 Å². The summed E-state index contributed by atoms with van der Waals surface area (Å²) in [6.45, 7) is 7.48. The number of benzene rings is 2. The van der Waals surface area contributed by atoms with Gasteiger partial charge in [-0.2, -0.15) is 0 Å². The van der Waals surface area contributed by atoms with Crippen molar-refractivity contribution < 1.29 is 14.3 Å². The Balaban J connectivity index is 2.29. The number of hydrogen-bond acceptors (Lipinski definition) is 3. The van der Waals surface area contributed by atoms with Crippen molar-refractivity contribution in [3.8, 4) is 5.75 Å². The molecular weight excluding hydrogens is 471 g/mol. The second-order valence-electron chi connectivity index (χ2n) is 7.66. The summed E-state index contributed by atoms with van der Waals surface area (Å²) in [4.78, 5) is 27.7. The number of carbonyl (C=O) groups is 2. The Morgan fingerprint density at radius 1 is 1.03 bits per heavy atom. The lowest BCUT2D eigenvalue weighted by molar-refractivity contribution is -0.143. The summed E-state index contributed by atoms with van der Waals surface area (Å²) in [6.07, 6.45) is 1.21. The first-order valence-electron chi connectivity index (χ1n) is 10.6. The molecule has 8 heteroatoms. The molecular formula is C24H29Cl3N2O3. The van der Waals surface area contributed by atoms with E-state index in [0.29, 0.717) is 32.8 Å². The number of aryl methyl sites for hydroxylation is 1. The molecule has 2 aromatic rings. The van der Waals surface area contributed by atoms with E-state index in [1.807, 2.05) is 27.7 Å². The Hall–Kier alpha value is -1.95. The summed E-state index contributed by atoms with van der Waals surface area (Å²) in [7, 11) is 0. The van der Waals surface area contributed by atoms with E-state index in [9.17, 15) is 9.59 Å². The smallest absolute Gasteiger partial charge is 0.261 e. The first-order valence-corrected chi connectivity index (χ1v) is 11.7. The van der Waals surface area contributed by atoms with E-state index in [4.69, 9.17) is 39.5 Å². The number of nitrogens with zero attached hydrogens (tertiary/aromatic N) is 1. The number of amides is 2. The van der Waals surface area contributed by atoms with Gasteiger partial charge in [-0.3, -0.25) is 9.59 Å². The van der Waals surface area contributed by atoms with Crippen molar-refractivity contribution in [3.05, 3.63) is 62.6 Å². The van der Waals surface area contributed by atoms with E-state index in [2.05, 4.69) is 5.32 Å². The molecule has 0 aliphatic carbocycles. The molecule has 2 amide bonds. The van der Waals surface area contributed by atoms with Gasteiger partial charge >= 0.3 is 0 Å². The highest BCUT2D eigenvalue weighted by atomic mass is 35.5. The molecule has 2 aromatic carbocycles. The highest BCUT2D eigenvalue weighted by Gasteiger charge is 2.30. The number of ether oxygens (including phenoxy) is 1. The zero-order valence-corrected chi connectivity index (χ0v) is 21.0. The fraction of sp³-hybridized carbons (Fsp3) is 0.417. The van der Waals surface area contributed by atoms with Crippen molar-refractivity contribution in [1.82, 2.24) is 10.2 Å². The Morgan fingerprint density at radius 3 is 2.25 bits per heavy atom. The van der Waals surface area contributed by atoms with Crippen LogP contribution in [0.1, 0.15) is 44.7 Å². The predicted molar refractivity (Wildman–Crippen MR) is 131 cm³/mol. The third-order valence-electron chi connectivity index (χ3n) is 5.27. The molecule has 2 atom stereocenters. The van der Waals surface area contributed by atoms with Gasteiger partial charge in [-0.1, -0.05) is 54.7 Å². The van der Waals surface area contributed by atoms with E-state index in [1.165, 1.54) is 4.90 Å². The Morgan fingerprint density at radius 2 is 1.69 bits per heavy atom. The monoisotopic (exact) mass is 498 g/mol. The molecule has 0 heterocycles. The summed E-state index contributed by atoms with van der Waals surface area (Å²) in [6, 6.07) is 9.62. The van der Waals surface area contributed by atoms with Crippen LogP contribution in [0, 0.1) is 6.92 Å². The molecule has 2 rings (SSSR count). The van der Waals surface area contributed by atoms with Gasteiger partial charge in [0.25, 0.3) is 5.91 Å². The molecule has 0 aromatic heterocycles. The predicted octanol–water partition coefficient (Wildman–Crippen LogP) is 6.06. The van der Waals surface area contributed by atoms with Crippen molar-refractivity contribution >= 4 is 46.6 Å². The fourth-order valence-electron chi connectivity index (χ4n) is 3.15. The maximum Gasteiger partial charge on any atom is 0.261 e. The van der Waals surface area contributed by atoms with Crippen LogP contribution >= 0.6 is 34.8 Å². The standard InChI is InChI=1S/C24H29Cl3N2O3/c1-5-16(4)28-24(31)22(6-2)29(13-18-20(26)8-7-9-21(18)27)23(30)14-32-17-10-11-19(25)15(3)12-17/h7-12,16,22H,5-6,13-14H2,1-4H3,(H,28,31)/t16-,22+/m0/s1. The number of rotatable bonds is 10. The average Bonchev–Trinajstić information content (AvgIpc) is 2.76. The van der Waals surface area contributed by atoms with Crippen LogP contribution in [0.2, 0.25) is 15.1 Å². The van der Waals surface area contributed by atoms with Crippen molar-refractivity contribution in [1.29, 1.82) is 0 Å². The summed E-state index contributed by atoms with van der Waals surface area (Å²) in [5.74, 6) is -0.0477.